The summed E-state index contributed by atoms with van der Waals surface area (Å²) in [6, 6.07) is 19.1. The summed E-state index contributed by atoms with van der Waals surface area (Å²) in [5.41, 5.74) is 2.37. The molecule has 38 heavy (non-hydrogen) atoms. The molecule has 2 N–H and O–H groups in total. The Morgan fingerprint density at radius 3 is 2.37 bits per heavy atom. The molecule has 1 saturated heterocycles. The summed E-state index contributed by atoms with van der Waals surface area (Å²) in [5, 5.41) is 5.61. The van der Waals surface area contributed by atoms with E-state index in [9.17, 15) is 14.4 Å². The van der Waals surface area contributed by atoms with Crippen molar-refractivity contribution >= 4 is 23.4 Å². The lowest BCUT2D eigenvalue weighted by atomic mass is 9.97. The maximum atomic E-state index is 13.7. The molecule has 0 saturated carbocycles. The van der Waals surface area contributed by atoms with E-state index < -0.39 is 17.9 Å². The van der Waals surface area contributed by atoms with Gasteiger partial charge < -0.3 is 19.8 Å². The van der Waals surface area contributed by atoms with Gasteiger partial charge >= 0.3 is 0 Å². The molecule has 0 radical (unpaired) electrons. The van der Waals surface area contributed by atoms with E-state index in [1.54, 1.807) is 6.07 Å². The molecule has 1 aliphatic heterocycles. The van der Waals surface area contributed by atoms with Crippen molar-refractivity contribution in [1.82, 2.24) is 10.6 Å². The van der Waals surface area contributed by atoms with Crippen molar-refractivity contribution in [2.24, 2.45) is 0 Å². The van der Waals surface area contributed by atoms with Gasteiger partial charge in [-0.2, -0.15) is 0 Å². The first-order valence-corrected chi connectivity index (χ1v) is 13.2. The second kappa shape index (κ2) is 13.1. The third kappa shape index (κ3) is 6.69. The molecule has 8 nitrogen and oxygen atoms in total. The van der Waals surface area contributed by atoms with Gasteiger partial charge in [0.1, 0.15) is 6.04 Å². The number of benzene rings is 2. The van der Waals surface area contributed by atoms with Crippen LogP contribution in [-0.4, -0.2) is 43.5 Å². The highest BCUT2D eigenvalue weighted by molar-refractivity contribution is 6.04. The quantitative estimate of drug-likeness (QED) is 0.387. The number of anilines is 1. The third-order valence-electron chi connectivity index (χ3n) is 6.92. The molecule has 0 aliphatic carbocycles. The number of hydrogen-bond acceptors (Lipinski definition) is 5. The Morgan fingerprint density at radius 2 is 1.74 bits per heavy atom. The van der Waals surface area contributed by atoms with Gasteiger partial charge in [-0.3, -0.25) is 19.3 Å². The second-order valence-corrected chi connectivity index (χ2v) is 9.52. The van der Waals surface area contributed by atoms with Crippen LogP contribution in [0.15, 0.2) is 77.4 Å². The van der Waals surface area contributed by atoms with E-state index in [1.807, 2.05) is 54.6 Å². The summed E-state index contributed by atoms with van der Waals surface area (Å²) in [5.74, 6) is -0.781. The predicted molar refractivity (Wildman–Crippen MR) is 145 cm³/mol. The van der Waals surface area contributed by atoms with Gasteiger partial charge in [0, 0.05) is 18.8 Å². The number of amides is 3. The van der Waals surface area contributed by atoms with Gasteiger partial charge in [-0.15, -0.1) is 0 Å². The molecule has 0 spiro atoms. The number of carbonyl (C=O) groups excluding carboxylic acids is 3. The lowest BCUT2D eigenvalue weighted by molar-refractivity contribution is -0.126. The molecule has 1 fully saturated rings. The predicted octanol–water partition coefficient (Wildman–Crippen LogP) is 4.59. The molecule has 1 aliphatic rings. The first kappa shape index (κ1) is 27.1. The van der Waals surface area contributed by atoms with E-state index >= 15 is 0 Å². The number of nitrogens with one attached hydrogen (secondary N) is 2. The van der Waals surface area contributed by atoms with Crippen molar-refractivity contribution in [2.45, 2.75) is 51.2 Å². The van der Waals surface area contributed by atoms with Gasteiger partial charge in [0.05, 0.1) is 18.9 Å². The van der Waals surface area contributed by atoms with Crippen LogP contribution in [0.1, 0.15) is 66.8 Å². The summed E-state index contributed by atoms with van der Waals surface area (Å²) < 4.78 is 10.8. The van der Waals surface area contributed by atoms with Crippen LogP contribution in [0.2, 0.25) is 0 Å². The number of ether oxygens (including phenoxy) is 1. The molecule has 3 aromatic rings. The Labute approximate surface area is 223 Å². The van der Waals surface area contributed by atoms with Gasteiger partial charge in [-0.25, -0.2) is 0 Å². The number of nitrogens with zero attached hydrogens (tertiary/aromatic N) is 1. The molecular formula is C30H35N3O5. The zero-order chi connectivity index (χ0) is 26.9. The second-order valence-electron chi connectivity index (χ2n) is 9.52. The first-order valence-electron chi connectivity index (χ1n) is 13.2. The van der Waals surface area contributed by atoms with Gasteiger partial charge in [0.2, 0.25) is 11.8 Å². The van der Waals surface area contributed by atoms with Crippen LogP contribution in [0.4, 0.5) is 5.69 Å². The van der Waals surface area contributed by atoms with Gasteiger partial charge in [-0.1, -0.05) is 56.3 Å². The molecule has 1 aromatic heterocycles. The fraction of sp³-hybridized carbons (Fsp3) is 0.367. The summed E-state index contributed by atoms with van der Waals surface area (Å²) >= 11 is 0. The van der Waals surface area contributed by atoms with Crippen molar-refractivity contribution in [2.75, 3.05) is 24.6 Å². The summed E-state index contributed by atoms with van der Waals surface area (Å²) in [4.78, 5) is 41.4. The first-order chi connectivity index (χ1) is 18.5. The molecule has 2 heterocycles. The third-order valence-corrected chi connectivity index (χ3v) is 6.92. The number of rotatable bonds is 11. The van der Waals surface area contributed by atoms with Crippen LogP contribution >= 0.6 is 0 Å². The zero-order valence-corrected chi connectivity index (χ0v) is 21.9. The van der Waals surface area contributed by atoms with E-state index in [0.717, 1.165) is 24.8 Å². The topological polar surface area (TPSA) is 101 Å². The van der Waals surface area contributed by atoms with E-state index in [2.05, 4.69) is 24.5 Å². The van der Waals surface area contributed by atoms with E-state index in [1.165, 1.54) is 17.2 Å². The maximum absolute atomic E-state index is 13.7. The van der Waals surface area contributed by atoms with Crippen LogP contribution in [-0.2, 0) is 14.3 Å². The Bertz CT molecular complexity index is 1190. The Morgan fingerprint density at radius 1 is 0.974 bits per heavy atom. The van der Waals surface area contributed by atoms with Crippen LogP contribution in [0.3, 0.4) is 0 Å². The Kier molecular flexibility index (Phi) is 9.32. The standard InChI is InChI=1S/C30H35N3O5/c1-3-21(2)22-13-15-24(16-14-22)33(27(34)20-32-29(35)26-12-8-18-38-26)28(23-9-5-4-6-10-23)30(36)31-19-25-11-7-17-37-25/h4-6,8-10,12-16,18,21,25,28H,3,7,11,17,19-20H2,1-2H3,(H,31,36)(H,32,35)/t21-,25+,28+/m1/s1. The minimum Gasteiger partial charge on any atom is -0.459 e. The molecular weight excluding hydrogens is 482 g/mol. The van der Waals surface area contributed by atoms with E-state index in [-0.39, 0.29) is 24.3 Å². The van der Waals surface area contributed by atoms with Crippen LogP contribution in [0.25, 0.3) is 0 Å². The number of hydrogen-bond donors (Lipinski definition) is 2. The largest absolute Gasteiger partial charge is 0.459 e. The summed E-state index contributed by atoms with van der Waals surface area (Å²) in [6.45, 7) is 5.01. The Hall–Kier alpha value is -3.91. The monoisotopic (exact) mass is 517 g/mol. The molecule has 0 unspecified atom stereocenters. The molecule has 4 rings (SSSR count). The van der Waals surface area contributed by atoms with Crippen molar-refractivity contribution in [1.29, 1.82) is 0 Å². The molecule has 3 atom stereocenters. The van der Waals surface area contributed by atoms with Crippen LogP contribution in [0, 0.1) is 0 Å². The summed E-state index contributed by atoms with van der Waals surface area (Å²) in [7, 11) is 0. The lowest BCUT2D eigenvalue weighted by Crippen LogP contribution is -2.48. The van der Waals surface area contributed by atoms with E-state index in [4.69, 9.17) is 9.15 Å². The molecule has 2 aromatic carbocycles. The van der Waals surface area contributed by atoms with Crippen LogP contribution in [0.5, 0.6) is 0 Å². The average molecular weight is 518 g/mol. The molecule has 8 heteroatoms. The lowest BCUT2D eigenvalue weighted by Gasteiger charge is -2.32. The minimum absolute atomic E-state index is 0.0399. The van der Waals surface area contributed by atoms with Crippen molar-refractivity contribution in [3.05, 3.63) is 89.9 Å². The highest BCUT2D eigenvalue weighted by Crippen LogP contribution is 2.30. The van der Waals surface area contributed by atoms with Gasteiger partial charge in [-0.05, 0) is 60.6 Å². The number of carbonyl (C=O) groups is 3. The summed E-state index contributed by atoms with van der Waals surface area (Å²) in [6.07, 6.45) is 4.19. The maximum Gasteiger partial charge on any atom is 0.287 e. The molecule has 200 valence electrons. The molecule has 3 amide bonds. The van der Waals surface area contributed by atoms with E-state index in [0.29, 0.717) is 30.3 Å². The normalized spacial score (nSPS) is 16.4. The van der Waals surface area contributed by atoms with Crippen LogP contribution < -0.4 is 15.5 Å². The minimum atomic E-state index is -0.944. The van der Waals surface area contributed by atoms with Crippen molar-refractivity contribution < 1.29 is 23.5 Å². The fourth-order valence-corrected chi connectivity index (χ4v) is 4.54. The highest BCUT2D eigenvalue weighted by atomic mass is 16.5. The molecule has 0 bridgehead atoms. The van der Waals surface area contributed by atoms with Crippen molar-refractivity contribution in [3.8, 4) is 0 Å². The highest BCUT2D eigenvalue weighted by Gasteiger charge is 2.33. The SMILES string of the molecule is CC[C@@H](C)c1ccc(N(C(=O)CNC(=O)c2ccco2)[C@H](C(=O)NC[C@@H]2CCCO2)c2ccccc2)cc1. The van der Waals surface area contributed by atoms with Gasteiger partial charge in [0.15, 0.2) is 5.76 Å². The van der Waals surface area contributed by atoms with Crippen molar-refractivity contribution in [3.63, 3.8) is 0 Å². The van der Waals surface area contributed by atoms with Gasteiger partial charge in [0.25, 0.3) is 5.91 Å². The zero-order valence-electron chi connectivity index (χ0n) is 21.9. The smallest absolute Gasteiger partial charge is 0.287 e. The average Bonchev–Trinajstić information content (AvgIpc) is 3.68. The number of furan rings is 1. The fourth-order valence-electron chi connectivity index (χ4n) is 4.54. The Balaban J connectivity index is 1.65.